The first-order valence-corrected chi connectivity index (χ1v) is 7.86. The van der Waals surface area contributed by atoms with Crippen LogP contribution in [0.25, 0.3) is 21.9 Å². The minimum Gasteiger partial charge on any atom is -0.497 e. The molecule has 23 heavy (non-hydrogen) atoms. The van der Waals surface area contributed by atoms with Crippen molar-refractivity contribution in [2.75, 3.05) is 14.2 Å². The molecule has 0 amide bonds. The van der Waals surface area contributed by atoms with Gasteiger partial charge in [0.1, 0.15) is 11.5 Å². The van der Waals surface area contributed by atoms with Crippen molar-refractivity contribution in [1.82, 2.24) is 0 Å². The van der Waals surface area contributed by atoms with Gasteiger partial charge < -0.3 is 9.47 Å². The van der Waals surface area contributed by atoms with Crippen LogP contribution in [-0.4, -0.2) is 14.2 Å². The van der Waals surface area contributed by atoms with Crippen molar-refractivity contribution in [2.24, 2.45) is 0 Å². The molecule has 0 spiro atoms. The van der Waals surface area contributed by atoms with E-state index in [-0.39, 0.29) is 5.41 Å². The molecule has 0 bridgehead atoms. The number of methoxy groups -OCH3 is 2. The molecule has 0 heterocycles. The standard InChI is InChI=1S/C21H20O2/c1-21(2)18-10-5-13-11-14(22-3)6-8-16(13)20(18)17-9-7-15(23-4)12-19(17)21/h5-12H,1-4H3. The Morgan fingerprint density at radius 2 is 1.43 bits per heavy atom. The fourth-order valence-corrected chi connectivity index (χ4v) is 3.78. The minimum atomic E-state index is -0.0205. The lowest BCUT2D eigenvalue weighted by molar-refractivity contribution is 0.413. The Labute approximate surface area is 136 Å². The fraction of sp³-hybridized carbons (Fsp3) is 0.238. The molecule has 0 saturated carbocycles. The lowest BCUT2D eigenvalue weighted by Crippen LogP contribution is -2.14. The third kappa shape index (κ3) is 1.88. The van der Waals surface area contributed by atoms with Gasteiger partial charge in [-0.15, -0.1) is 0 Å². The van der Waals surface area contributed by atoms with E-state index in [1.54, 1.807) is 14.2 Å². The molecule has 0 aromatic heterocycles. The van der Waals surface area contributed by atoms with Crippen molar-refractivity contribution < 1.29 is 9.47 Å². The molecule has 1 aliphatic carbocycles. The molecule has 0 atom stereocenters. The van der Waals surface area contributed by atoms with Crippen LogP contribution in [-0.2, 0) is 5.41 Å². The van der Waals surface area contributed by atoms with Crippen LogP contribution in [0.1, 0.15) is 25.0 Å². The number of fused-ring (bicyclic) bond motifs is 5. The van der Waals surface area contributed by atoms with Gasteiger partial charge in [0.15, 0.2) is 0 Å². The van der Waals surface area contributed by atoms with E-state index in [9.17, 15) is 0 Å². The van der Waals surface area contributed by atoms with Crippen LogP contribution in [0.2, 0.25) is 0 Å². The SMILES string of the molecule is COc1ccc2c(c1)C(C)(C)c1ccc3cc(OC)ccc3c1-2. The maximum Gasteiger partial charge on any atom is 0.119 e. The number of hydrogen-bond acceptors (Lipinski definition) is 2. The zero-order valence-electron chi connectivity index (χ0n) is 13.9. The van der Waals surface area contributed by atoms with Gasteiger partial charge in [0.05, 0.1) is 14.2 Å². The summed E-state index contributed by atoms with van der Waals surface area (Å²) in [6.45, 7) is 4.57. The van der Waals surface area contributed by atoms with E-state index in [4.69, 9.17) is 9.47 Å². The zero-order valence-corrected chi connectivity index (χ0v) is 13.9. The van der Waals surface area contributed by atoms with Gasteiger partial charge in [-0.3, -0.25) is 0 Å². The third-order valence-corrected chi connectivity index (χ3v) is 5.07. The fourth-order valence-electron chi connectivity index (χ4n) is 3.78. The highest BCUT2D eigenvalue weighted by Gasteiger charge is 2.36. The Balaban J connectivity index is 2.07. The summed E-state index contributed by atoms with van der Waals surface area (Å²) < 4.78 is 10.8. The van der Waals surface area contributed by atoms with Crippen LogP contribution in [0.3, 0.4) is 0 Å². The molecule has 2 nitrogen and oxygen atoms in total. The summed E-state index contributed by atoms with van der Waals surface area (Å²) in [6, 6.07) is 17.2. The molecule has 0 aliphatic heterocycles. The predicted molar refractivity (Wildman–Crippen MR) is 94.6 cm³/mol. The molecule has 3 aromatic rings. The third-order valence-electron chi connectivity index (χ3n) is 5.07. The van der Waals surface area contributed by atoms with Crippen molar-refractivity contribution in [3.05, 3.63) is 59.7 Å². The minimum absolute atomic E-state index is 0.0205. The van der Waals surface area contributed by atoms with E-state index in [0.29, 0.717) is 0 Å². The van der Waals surface area contributed by atoms with E-state index >= 15 is 0 Å². The number of rotatable bonds is 2. The van der Waals surface area contributed by atoms with E-state index in [0.717, 1.165) is 11.5 Å². The highest BCUT2D eigenvalue weighted by molar-refractivity contribution is 6.02. The molecule has 4 rings (SSSR count). The number of ether oxygens (including phenoxy) is 2. The molecule has 0 radical (unpaired) electrons. The van der Waals surface area contributed by atoms with E-state index in [2.05, 4.69) is 50.2 Å². The Hall–Kier alpha value is -2.48. The summed E-state index contributed by atoms with van der Waals surface area (Å²) in [7, 11) is 3.43. The second kappa shape index (κ2) is 4.76. The summed E-state index contributed by atoms with van der Waals surface area (Å²) in [4.78, 5) is 0. The quantitative estimate of drug-likeness (QED) is 0.651. The smallest absolute Gasteiger partial charge is 0.119 e. The Morgan fingerprint density at radius 3 is 2.17 bits per heavy atom. The second-order valence-electron chi connectivity index (χ2n) is 6.61. The van der Waals surface area contributed by atoms with Crippen molar-refractivity contribution in [2.45, 2.75) is 19.3 Å². The molecule has 0 saturated heterocycles. The van der Waals surface area contributed by atoms with Crippen molar-refractivity contribution in [1.29, 1.82) is 0 Å². The average molecular weight is 304 g/mol. The normalized spacial score (nSPS) is 14.4. The second-order valence-corrected chi connectivity index (χ2v) is 6.61. The molecule has 116 valence electrons. The molecule has 0 N–H and O–H groups in total. The number of benzene rings is 3. The van der Waals surface area contributed by atoms with Gasteiger partial charge in [-0.1, -0.05) is 38.1 Å². The summed E-state index contributed by atoms with van der Waals surface area (Å²) in [5.41, 5.74) is 5.33. The van der Waals surface area contributed by atoms with Crippen LogP contribution in [0, 0.1) is 0 Å². The molecule has 0 unspecified atom stereocenters. The van der Waals surface area contributed by atoms with E-state index in [1.807, 2.05) is 12.1 Å². The Bertz CT molecular complexity index is 923. The highest BCUT2D eigenvalue weighted by atomic mass is 16.5. The Kier molecular flexibility index (Phi) is 2.92. The monoisotopic (exact) mass is 304 g/mol. The lowest BCUT2D eigenvalue weighted by atomic mass is 9.82. The summed E-state index contributed by atoms with van der Waals surface area (Å²) in [6.07, 6.45) is 0. The van der Waals surface area contributed by atoms with Crippen molar-refractivity contribution >= 4 is 10.8 Å². The maximum absolute atomic E-state index is 5.43. The van der Waals surface area contributed by atoms with Crippen LogP contribution >= 0.6 is 0 Å². The van der Waals surface area contributed by atoms with Gasteiger partial charge in [0.25, 0.3) is 0 Å². The van der Waals surface area contributed by atoms with Crippen LogP contribution in [0.5, 0.6) is 11.5 Å². The van der Waals surface area contributed by atoms with Crippen molar-refractivity contribution in [3.8, 4) is 22.6 Å². The van der Waals surface area contributed by atoms with Gasteiger partial charge in [-0.05, 0) is 57.3 Å². The molecule has 1 aliphatic rings. The van der Waals surface area contributed by atoms with E-state index in [1.165, 1.54) is 33.0 Å². The summed E-state index contributed by atoms with van der Waals surface area (Å²) >= 11 is 0. The predicted octanol–water partition coefficient (Wildman–Crippen LogP) is 5.16. The molecular weight excluding hydrogens is 284 g/mol. The average Bonchev–Trinajstić information content (AvgIpc) is 2.81. The van der Waals surface area contributed by atoms with Crippen LogP contribution in [0.15, 0.2) is 48.5 Å². The number of hydrogen-bond donors (Lipinski definition) is 0. The van der Waals surface area contributed by atoms with Crippen LogP contribution in [0.4, 0.5) is 0 Å². The first-order chi connectivity index (χ1) is 11.1. The lowest BCUT2D eigenvalue weighted by Gasteiger charge is -2.22. The van der Waals surface area contributed by atoms with Gasteiger partial charge in [0, 0.05) is 5.41 Å². The summed E-state index contributed by atoms with van der Waals surface area (Å²) in [5.74, 6) is 1.81. The first kappa shape index (κ1) is 14.1. The van der Waals surface area contributed by atoms with Gasteiger partial charge in [0.2, 0.25) is 0 Å². The highest BCUT2D eigenvalue weighted by Crippen LogP contribution is 2.52. The molecule has 0 fully saturated rings. The van der Waals surface area contributed by atoms with Gasteiger partial charge in [-0.2, -0.15) is 0 Å². The van der Waals surface area contributed by atoms with Crippen LogP contribution < -0.4 is 9.47 Å². The van der Waals surface area contributed by atoms with E-state index < -0.39 is 0 Å². The molecule has 3 aromatic carbocycles. The Morgan fingerprint density at radius 1 is 0.739 bits per heavy atom. The topological polar surface area (TPSA) is 18.5 Å². The van der Waals surface area contributed by atoms with Gasteiger partial charge >= 0.3 is 0 Å². The van der Waals surface area contributed by atoms with Crippen molar-refractivity contribution in [3.63, 3.8) is 0 Å². The molecule has 2 heteroatoms. The maximum atomic E-state index is 5.43. The summed E-state index contributed by atoms with van der Waals surface area (Å²) in [5, 5.41) is 2.49. The first-order valence-electron chi connectivity index (χ1n) is 7.86. The van der Waals surface area contributed by atoms with Gasteiger partial charge in [-0.25, -0.2) is 0 Å². The zero-order chi connectivity index (χ0) is 16.2. The largest absolute Gasteiger partial charge is 0.497 e. The molecular formula is C21H20O2.